The molecule has 2 aromatic carbocycles. The first kappa shape index (κ1) is 19.4. The van der Waals surface area contributed by atoms with Crippen LogP contribution in [0.4, 0.5) is 11.4 Å². The molecule has 144 valence electrons. The number of carbonyl (C=O) groups excluding carboxylic acids is 3. The fraction of sp³-hybridized carbons (Fsp3) is 0.227. The highest BCUT2D eigenvalue weighted by molar-refractivity contribution is 6.05. The fourth-order valence-electron chi connectivity index (χ4n) is 3.11. The van der Waals surface area contributed by atoms with Crippen LogP contribution in [0.3, 0.4) is 0 Å². The lowest BCUT2D eigenvalue weighted by molar-refractivity contribution is -0.137. The van der Waals surface area contributed by atoms with Crippen LogP contribution in [0.25, 0.3) is 6.08 Å². The summed E-state index contributed by atoms with van der Waals surface area (Å²) in [6.07, 6.45) is 3.77. The van der Waals surface area contributed by atoms with Gasteiger partial charge in [-0.15, -0.1) is 0 Å². The molecule has 0 saturated heterocycles. The van der Waals surface area contributed by atoms with Crippen molar-refractivity contribution in [3.05, 3.63) is 65.2 Å². The molecule has 0 atom stereocenters. The Kier molecular flexibility index (Phi) is 5.89. The van der Waals surface area contributed by atoms with E-state index in [9.17, 15) is 14.4 Å². The molecular formula is C22H22N2O4. The van der Waals surface area contributed by atoms with E-state index in [-0.39, 0.29) is 17.8 Å². The van der Waals surface area contributed by atoms with Gasteiger partial charge >= 0.3 is 5.97 Å². The number of nitrogens with one attached hydrogen (secondary N) is 1. The van der Waals surface area contributed by atoms with E-state index in [1.165, 1.54) is 6.08 Å². The van der Waals surface area contributed by atoms with E-state index < -0.39 is 0 Å². The van der Waals surface area contributed by atoms with Crippen LogP contribution in [0, 0.1) is 0 Å². The Bertz CT molecular complexity index is 932. The number of ether oxygens (including phenoxy) is 1. The van der Waals surface area contributed by atoms with Crippen LogP contribution >= 0.6 is 0 Å². The van der Waals surface area contributed by atoms with Crippen LogP contribution in [-0.4, -0.2) is 30.9 Å². The first-order chi connectivity index (χ1) is 13.5. The molecule has 1 aliphatic rings. The summed E-state index contributed by atoms with van der Waals surface area (Å²) in [7, 11) is 0. The summed E-state index contributed by atoms with van der Waals surface area (Å²) in [5.41, 5.74) is 3.91. The Hall–Kier alpha value is -3.41. The number of hydrogen-bond acceptors (Lipinski definition) is 4. The van der Waals surface area contributed by atoms with Crippen molar-refractivity contribution in [3.63, 3.8) is 0 Å². The second kappa shape index (κ2) is 8.52. The molecule has 0 fully saturated rings. The average Bonchev–Trinajstić information content (AvgIpc) is 3.11. The summed E-state index contributed by atoms with van der Waals surface area (Å²) in [4.78, 5) is 37.2. The number of rotatable bonds is 5. The minimum Gasteiger partial charge on any atom is -0.463 e. The second-order valence-corrected chi connectivity index (χ2v) is 6.43. The van der Waals surface area contributed by atoms with Crippen LogP contribution in [0.15, 0.2) is 48.5 Å². The molecule has 0 spiro atoms. The van der Waals surface area contributed by atoms with Crippen LogP contribution in [-0.2, 0) is 20.7 Å². The molecule has 0 aromatic heterocycles. The van der Waals surface area contributed by atoms with Crippen LogP contribution in [0.2, 0.25) is 0 Å². The molecule has 0 aliphatic carbocycles. The summed E-state index contributed by atoms with van der Waals surface area (Å²) in [6, 6.07) is 12.5. The number of nitrogens with zero attached hydrogens (tertiary/aromatic N) is 1. The van der Waals surface area contributed by atoms with E-state index in [2.05, 4.69) is 5.32 Å². The fourth-order valence-corrected chi connectivity index (χ4v) is 3.11. The molecule has 3 rings (SSSR count). The molecule has 0 bridgehead atoms. The zero-order chi connectivity index (χ0) is 20.1. The van der Waals surface area contributed by atoms with Gasteiger partial charge in [-0.3, -0.25) is 9.59 Å². The third kappa shape index (κ3) is 4.46. The topological polar surface area (TPSA) is 75.7 Å². The van der Waals surface area contributed by atoms with E-state index in [1.807, 2.05) is 12.1 Å². The molecule has 1 N–H and O–H groups in total. The van der Waals surface area contributed by atoms with E-state index in [0.29, 0.717) is 24.4 Å². The number of esters is 1. The molecule has 1 aliphatic heterocycles. The predicted octanol–water partition coefficient (Wildman–Crippen LogP) is 3.42. The largest absolute Gasteiger partial charge is 0.463 e. The minimum atomic E-state index is -0.389. The van der Waals surface area contributed by atoms with Crippen LogP contribution in [0.5, 0.6) is 0 Å². The van der Waals surface area contributed by atoms with E-state index in [1.54, 1.807) is 55.2 Å². The van der Waals surface area contributed by atoms with Crippen molar-refractivity contribution in [2.45, 2.75) is 20.3 Å². The molecule has 0 radical (unpaired) electrons. The maximum atomic E-state index is 12.5. The molecule has 0 unspecified atom stereocenters. The minimum absolute atomic E-state index is 0.00745. The van der Waals surface area contributed by atoms with Gasteiger partial charge in [0.1, 0.15) is 0 Å². The van der Waals surface area contributed by atoms with Gasteiger partial charge < -0.3 is 15.0 Å². The Balaban J connectivity index is 1.65. The second-order valence-electron chi connectivity index (χ2n) is 6.43. The number of carbonyl (C=O) groups is 3. The van der Waals surface area contributed by atoms with Crippen LogP contribution in [0.1, 0.15) is 35.3 Å². The smallest absolute Gasteiger partial charge is 0.330 e. The van der Waals surface area contributed by atoms with Gasteiger partial charge in [-0.25, -0.2) is 4.79 Å². The van der Waals surface area contributed by atoms with E-state index >= 15 is 0 Å². The SMILES string of the molecule is CCOC(=O)C=Cc1ccc(NC(=O)c2ccc3c(c2)CCN3C(C)=O)cc1. The van der Waals surface area contributed by atoms with Crippen molar-refractivity contribution >= 4 is 35.2 Å². The number of amides is 2. The van der Waals surface area contributed by atoms with Gasteiger partial charge in [0.05, 0.1) is 6.61 Å². The van der Waals surface area contributed by atoms with Gasteiger partial charge in [-0.2, -0.15) is 0 Å². The van der Waals surface area contributed by atoms with Crippen LogP contribution < -0.4 is 10.2 Å². The Morgan fingerprint density at radius 2 is 1.89 bits per heavy atom. The summed E-state index contributed by atoms with van der Waals surface area (Å²) in [5.74, 6) is -0.591. The van der Waals surface area contributed by atoms with Gasteiger partial charge in [0, 0.05) is 36.5 Å². The highest BCUT2D eigenvalue weighted by atomic mass is 16.5. The zero-order valence-electron chi connectivity index (χ0n) is 15.9. The summed E-state index contributed by atoms with van der Waals surface area (Å²) >= 11 is 0. The molecule has 0 saturated carbocycles. The van der Waals surface area contributed by atoms with E-state index in [4.69, 9.17) is 4.74 Å². The van der Waals surface area contributed by atoms with Crippen molar-refractivity contribution in [2.75, 3.05) is 23.4 Å². The van der Waals surface area contributed by atoms with Gasteiger partial charge in [0.15, 0.2) is 0 Å². The molecule has 1 heterocycles. The number of anilines is 2. The summed E-state index contributed by atoms with van der Waals surface area (Å²) in [6.45, 7) is 4.28. The lowest BCUT2D eigenvalue weighted by Gasteiger charge is -2.14. The van der Waals surface area contributed by atoms with Gasteiger partial charge in [-0.1, -0.05) is 12.1 Å². The maximum absolute atomic E-state index is 12.5. The molecule has 6 nitrogen and oxygen atoms in total. The molecule has 2 amide bonds. The number of benzene rings is 2. The third-order valence-corrected chi connectivity index (χ3v) is 4.48. The molecule has 28 heavy (non-hydrogen) atoms. The Labute approximate surface area is 163 Å². The lowest BCUT2D eigenvalue weighted by Crippen LogP contribution is -2.25. The summed E-state index contributed by atoms with van der Waals surface area (Å²) < 4.78 is 4.84. The first-order valence-corrected chi connectivity index (χ1v) is 9.15. The van der Waals surface area contributed by atoms with Gasteiger partial charge in [0.2, 0.25) is 5.91 Å². The van der Waals surface area contributed by atoms with Crippen molar-refractivity contribution in [1.29, 1.82) is 0 Å². The number of hydrogen-bond donors (Lipinski definition) is 1. The average molecular weight is 378 g/mol. The zero-order valence-corrected chi connectivity index (χ0v) is 15.9. The third-order valence-electron chi connectivity index (χ3n) is 4.48. The van der Waals surface area contributed by atoms with E-state index in [0.717, 1.165) is 23.2 Å². The molecule has 2 aromatic rings. The predicted molar refractivity (Wildman–Crippen MR) is 108 cm³/mol. The Morgan fingerprint density at radius 1 is 1.14 bits per heavy atom. The van der Waals surface area contributed by atoms with Gasteiger partial charge in [0.25, 0.3) is 5.91 Å². The normalized spacial score (nSPS) is 12.7. The summed E-state index contributed by atoms with van der Waals surface area (Å²) in [5, 5.41) is 2.86. The maximum Gasteiger partial charge on any atom is 0.330 e. The van der Waals surface area contributed by atoms with Gasteiger partial charge in [-0.05, 0) is 60.9 Å². The van der Waals surface area contributed by atoms with Crippen molar-refractivity contribution in [3.8, 4) is 0 Å². The standard InChI is InChI=1S/C22H22N2O4/c1-3-28-21(26)11-6-16-4-8-19(9-5-16)23-22(27)18-7-10-20-17(14-18)12-13-24(20)15(2)25/h4-11,14H,3,12-13H2,1-2H3,(H,23,27). The monoisotopic (exact) mass is 378 g/mol. The Morgan fingerprint density at radius 3 is 2.57 bits per heavy atom. The number of fused-ring (bicyclic) bond motifs is 1. The van der Waals surface area contributed by atoms with Crippen molar-refractivity contribution in [2.24, 2.45) is 0 Å². The highest BCUT2D eigenvalue weighted by Crippen LogP contribution is 2.29. The van der Waals surface area contributed by atoms with Crippen molar-refractivity contribution in [1.82, 2.24) is 0 Å². The first-order valence-electron chi connectivity index (χ1n) is 9.15. The quantitative estimate of drug-likeness (QED) is 0.639. The van der Waals surface area contributed by atoms with Crippen molar-refractivity contribution < 1.29 is 19.1 Å². The highest BCUT2D eigenvalue weighted by Gasteiger charge is 2.23. The lowest BCUT2D eigenvalue weighted by atomic mass is 10.1. The molecule has 6 heteroatoms. The molecular weight excluding hydrogens is 356 g/mol.